The predicted molar refractivity (Wildman–Crippen MR) is 81.1 cm³/mol. The second kappa shape index (κ2) is 7.85. The van der Waals surface area contributed by atoms with Crippen LogP contribution in [0.1, 0.15) is 20.3 Å². The Morgan fingerprint density at radius 1 is 1.40 bits per heavy atom. The third-order valence-corrected chi connectivity index (χ3v) is 4.32. The molecule has 1 aliphatic heterocycles. The summed E-state index contributed by atoms with van der Waals surface area (Å²) in [4.78, 5) is 25.7. The van der Waals surface area contributed by atoms with Crippen molar-refractivity contribution in [2.75, 3.05) is 38.2 Å². The van der Waals surface area contributed by atoms with Gasteiger partial charge in [-0.1, -0.05) is 0 Å². The Kier molecular flexibility index (Phi) is 6.78. The first kappa shape index (κ1) is 17.3. The largest absolute Gasteiger partial charge is 0.480 e. The normalized spacial score (nSPS) is 18.6. The molecule has 1 rings (SSSR count). The highest BCUT2D eigenvalue weighted by Gasteiger charge is 2.36. The first-order chi connectivity index (χ1) is 9.39. The van der Waals surface area contributed by atoms with Gasteiger partial charge in [-0.3, -0.25) is 9.69 Å². The molecule has 0 radical (unpaired) electrons. The molecule has 3 N–H and O–H groups in total. The van der Waals surface area contributed by atoms with Crippen LogP contribution in [-0.2, 0) is 9.59 Å². The first-order valence-electron chi connectivity index (χ1n) is 6.88. The number of carbonyl (C=O) groups excluding carboxylic acids is 1. The van der Waals surface area contributed by atoms with E-state index in [1.54, 1.807) is 11.8 Å². The van der Waals surface area contributed by atoms with Gasteiger partial charge in [-0.25, -0.2) is 4.79 Å². The highest BCUT2D eigenvalue weighted by molar-refractivity contribution is 7.98. The number of thioether (sulfide) groups is 1. The molecule has 116 valence electrons. The third kappa shape index (κ3) is 4.64. The van der Waals surface area contributed by atoms with E-state index in [1.807, 2.05) is 20.1 Å². The summed E-state index contributed by atoms with van der Waals surface area (Å²) >= 11 is 1.58. The summed E-state index contributed by atoms with van der Waals surface area (Å²) in [6.07, 6.45) is 2.37. The van der Waals surface area contributed by atoms with Gasteiger partial charge in [0.05, 0.1) is 5.54 Å². The van der Waals surface area contributed by atoms with Gasteiger partial charge in [-0.15, -0.1) is 0 Å². The summed E-state index contributed by atoms with van der Waals surface area (Å²) in [7, 11) is 0. The SMILES string of the molecule is CSCC[C@H](NC(=O)C(C)(C)N1CCNCC1)C(=O)O. The summed E-state index contributed by atoms with van der Waals surface area (Å²) < 4.78 is 0. The maximum absolute atomic E-state index is 12.4. The number of piperazine rings is 1. The van der Waals surface area contributed by atoms with Crippen LogP contribution in [0.15, 0.2) is 0 Å². The van der Waals surface area contributed by atoms with Crippen LogP contribution in [0.3, 0.4) is 0 Å². The van der Waals surface area contributed by atoms with Crippen LogP contribution in [0.5, 0.6) is 0 Å². The van der Waals surface area contributed by atoms with Crippen LogP contribution in [0, 0.1) is 0 Å². The molecule has 1 atom stereocenters. The molecule has 0 aromatic rings. The number of carbonyl (C=O) groups is 2. The van der Waals surface area contributed by atoms with Gasteiger partial charge >= 0.3 is 5.97 Å². The van der Waals surface area contributed by atoms with Gasteiger partial charge in [0.2, 0.25) is 5.91 Å². The third-order valence-electron chi connectivity index (χ3n) is 3.68. The van der Waals surface area contributed by atoms with Gasteiger partial charge in [-0.2, -0.15) is 11.8 Å². The van der Waals surface area contributed by atoms with E-state index < -0.39 is 17.6 Å². The van der Waals surface area contributed by atoms with E-state index in [0.717, 1.165) is 26.2 Å². The number of carboxylic acid groups (broad SMARTS) is 1. The number of nitrogens with zero attached hydrogens (tertiary/aromatic N) is 1. The second-order valence-corrected chi connectivity index (χ2v) is 6.43. The number of hydrogen-bond donors (Lipinski definition) is 3. The highest BCUT2D eigenvalue weighted by atomic mass is 32.2. The molecule has 1 aliphatic rings. The number of amides is 1. The summed E-state index contributed by atoms with van der Waals surface area (Å²) in [5.74, 6) is -0.470. The lowest BCUT2D eigenvalue weighted by atomic mass is 9.99. The number of rotatable bonds is 7. The van der Waals surface area contributed by atoms with Crippen molar-refractivity contribution < 1.29 is 14.7 Å². The van der Waals surface area contributed by atoms with Crippen molar-refractivity contribution in [2.24, 2.45) is 0 Å². The van der Waals surface area contributed by atoms with Gasteiger partial charge in [0, 0.05) is 26.2 Å². The Labute approximate surface area is 124 Å². The van der Waals surface area contributed by atoms with Gasteiger partial charge in [0.25, 0.3) is 0 Å². The first-order valence-corrected chi connectivity index (χ1v) is 8.27. The average Bonchev–Trinajstić information content (AvgIpc) is 2.43. The van der Waals surface area contributed by atoms with Crippen LogP contribution in [0.4, 0.5) is 0 Å². The van der Waals surface area contributed by atoms with Crippen molar-refractivity contribution in [3.05, 3.63) is 0 Å². The predicted octanol–water partition coefficient (Wildman–Crippen LogP) is -0.00730. The van der Waals surface area contributed by atoms with Crippen molar-refractivity contribution >= 4 is 23.6 Å². The lowest BCUT2D eigenvalue weighted by Gasteiger charge is -2.40. The summed E-state index contributed by atoms with van der Waals surface area (Å²) in [6.45, 7) is 6.99. The average molecular weight is 303 g/mol. The molecule has 20 heavy (non-hydrogen) atoms. The number of nitrogens with one attached hydrogen (secondary N) is 2. The number of aliphatic carboxylic acids is 1. The lowest BCUT2D eigenvalue weighted by Crippen LogP contribution is -2.61. The molecular weight excluding hydrogens is 278 g/mol. The summed E-state index contributed by atoms with van der Waals surface area (Å²) in [5, 5.41) is 15.1. The van der Waals surface area contributed by atoms with Crippen LogP contribution >= 0.6 is 11.8 Å². The van der Waals surface area contributed by atoms with E-state index >= 15 is 0 Å². The molecule has 0 unspecified atom stereocenters. The van der Waals surface area contributed by atoms with Crippen LogP contribution in [0.2, 0.25) is 0 Å². The smallest absolute Gasteiger partial charge is 0.326 e. The molecule has 0 spiro atoms. The lowest BCUT2D eigenvalue weighted by molar-refractivity contribution is -0.144. The Bertz CT molecular complexity index is 344. The number of hydrogen-bond acceptors (Lipinski definition) is 5. The fourth-order valence-corrected chi connectivity index (χ4v) is 2.67. The van der Waals surface area contributed by atoms with Crippen molar-refractivity contribution in [2.45, 2.75) is 31.8 Å². The van der Waals surface area contributed by atoms with Crippen molar-refractivity contribution in [3.8, 4) is 0 Å². The minimum Gasteiger partial charge on any atom is -0.480 e. The number of carboxylic acids is 1. The van der Waals surface area contributed by atoms with Crippen molar-refractivity contribution in [1.82, 2.24) is 15.5 Å². The zero-order chi connectivity index (χ0) is 15.2. The molecule has 0 aromatic carbocycles. The van der Waals surface area contributed by atoms with Crippen LogP contribution in [-0.4, -0.2) is 71.7 Å². The molecule has 7 heteroatoms. The van der Waals surface area contributed by atoms with Crippen molar-refractivity contribution in [3.63, 3.8) is 0 Å². The van der Waals surface area contributed by atoms with E-state index in [1.165, 1.54) is 0 Å². The molecule has 6 nitrogen and oxygen atoms in total. The Morgan fingerprint density at radius 3 is 2.50 bits per heavy atom. The van der Waals surface area contributed by atoms with Gasteiger partial charge in [0.15, 0.2) is 0 Å². The fourth-order valence-electron chi connectivity index (χ4n) is 2.20. The monoisotopic (exact) mass is 303 g/mol. The Balaban J connectivity index is 2.63. The van der Waals surface area contributed by atoms with E-state index in [4.69, 9.17) is 0 Å². The van der Waals surface area contributed by atoms with E-state index in [0.29, 0.717) is 12.2 Å². The van der Waals surface area contributed by atoms with Crippen molar-refractivity contribution in [1.29, 1.82) is 0 Å². The van der Waals surface area contributed by atoms with Crippen LogP contribution in [0.25, 0.3) is 0 Å². The molecule has 1 heterocycles. The molecule has 0 aliphatic carbocycles. The Morgan fingerprint density at radius 2 is 2.00 bits per heavy atom. The fraction of sp³-hybridized carbons (Fsp3) is 0.846. The molecule has 0 bridgehead atoms. The molecule has 0 aromatic heterocycles. The quantitative estimate of drug-likeness (QED) is 0.614. The Hall–Kier alpha value is -0.790. The minimum absolute atomic E-state index is 0.215. The molecular formula is C13H25N3O3S. The van der Waals surface area contributed by atoms with Gasteiger partial charge < -0.3 is 15.7 Å². The maximum atomic E-state index is 12.4. The highest BCUT2D eigenvalue weighted by Crippen LogP contribution is 2.16. The summed E-state index contributed by atoms with van der Waals surface area (Å²) in [5.41, 5.74) is -0.685. The topological polar surface area (TPSA) is 81.7 Å². The van der Waals surface area contributed by atoms with E-state index in [-0.39, 0.29) is 5.91 Å². The van der Waals surface area contributed by atoms with Gasteiger partial charge in [-0.05, 0) is 32.3 Å². The zero-order valence-electron chi connectivity index (χ0n) is 12.4. The van der Waals surface area contributed by atoms with Gasteiger partial charge in [0.1, 0.15) is 6.04 Å². The molecule has 1 amide bonds. The standard InChI is InChI=1S/C13H25N3O3S/c1-13(2,16-7-5-14-6-8-16)12(19)15-10(11(17)18)4-9-20-3/h10,14H,4-9H2,1-3H3,(H,15,19)(H,17,18)/t10-/m0/s1. The van der Waals surface area contributed by atoms with Crippen LogP contribution < -0.4 is 10.6 Å². The van der Waals surface area contributed by atoms with E-state index in [9.17, 15) is 14.7 Å². The summed E-state index contributed by atoms with van der Waals surface area (Å²) in [6, 6.07) is -0.808. The molecule has 0 saturated carbocycles. The second-order valence-electron chi connectivity index (χ2n) is 5.44. The molecule has 1 fully saturated rings. The minimum atomic E-state index is -0.969. The zero-order valence-corrected chi connectivity index (χ0v) is 13.3. The maximum Gasteiger partial charge on any atom is 0.326 e. The van der Waals surface area contributed by atoms with E-state index in [2.05, 4.69) is 15.5 Å². The molecule has 1 saturated heterocycles.